The third-order valence-electron chi connectivity index (χ3n) is 4.64. The molecule has 3 rings (SSSR count). The van der Waals surface area contributed by atoms with Crippen molar-refractivity contribution >= 4 is 17.7 Å². The van der Waals surface area contributed by atoms with Crippen LogP contribution in [0.15, 0.2) is 53.7 Å². The van der Waals surface area contributed by atoms with E-state index in [1.54, 1.807) is 23.9 Å². The Morgan fingerprint density at radius 3 is 2.33 bits per heavy atom. The molecule has 0 aliphatic carbocycles. The lowest BCUT2D eigenvalue weighted by Gasteiger charge is -2.19. The average Bonchev–Trinajstić information content (AvgIpc) is 3.13. The van der Waals surface area contributed by atoms with Gasteiger partial charge in [-0.2, -0.15) is 0 Å². The van der Waals surface area contributed by atoms with Crippen LogP contribution in [0.1, 0.15) is 55.9 Å². The fourth-order valence-electron chi connectivity index (χ4n) is 2.93. The Labute approximate surface area is 181 Å². The zero-order chi connectivity index (χ0) is 21.7. The van der Waals surface area contributed by atoms with Gasteiger partial charge in [0.25, 0.3) is 5.91 Å². The van der Waals surface area contributed by atoms with Crippen LogP contribution in [-0.2, 0) is 12.0 Å². The maximum absolute atomic E-state index is 13.4. The Bertz CT molecular complexity index is 992. The Kier molecular flexibility index (Phi) is 6.92. The Morgan fingerprint density at radius 1 is 1.07 bits per heavy atom. The number of halogens is 1. The second kappa shape index (κ2) is 9.43. The molecule has 0 radical (unpaired) electrons. The topological polar surface area (TPSA) is 59.8 Å². The van der Waals surface area contributed by atoms with E-state index in [-0.39, 0.29) is 23.7 Å². The van der Waals surface area contributed by atoms with Gasteiger partial charge in [0.05, 0.1) is 6.54 Å². The monoisotopic (exact) mass is 426 g/mol. The quantitative estimate of drug-likeness (QED) is 0.532. The first kappa shape index (κ1) is 22.0. The number of carbonyl (C=O) groups is 1. The third-order valence-corrected chi connectivity index (χ3v) is 5.78. The van der Waals surface area contributed by atoms with Crippen LogP contribution in [0.5, 0.6) is 0 Å². The highest BCUT2D eigenvalue weighted by molar-refractivity contribution is 7.99. The summed E-state index contributed by atoms with van der Waals surface area (Å²) < 4.78 is 15.2. The second-order valence-corrected chi connectivity index (χ2v) is 9.13. The van der Waals surface area contributed by atoms with E-state index in [4.69, 9.17) is 0 Å². The minimum Gasteiger partial charge on any atom is -0.345 e. The van der Waals surface area contributed by atoms with Crippen molar-refractivity contribution in [2.24, 2.45) is 0 Å². The number of aromatic nitrogens is 3. The van der Waals surface area contributed by atoms with Gasteiger partial charge in [-0.3, -0.25) is 9.36 Å². The molecule has 7 heteroatoms. The van der Waals surface area contributed by atoms with E-state index in [0.717, 1.165) is 23.0 Å². The number of hydrogen-bond donors (Lipinski definition) is 1. The maximum atomic E-state index is 13.4. The van der Waals surface area contributed by atoms with E-state index < -0.39 is 0 Å². The highest BCUT2D eigenvalue weighted by Crippen LogP contribution is 2.24. The van der Waals surface area contributed by atoms with Crippen molar-refractivity contribution in [1.82, 2.24) is 20.1 Å². The number of hydrogen-bond acceptors (Lipinski definition) is 4. The van der Waals surface area contributed by atoms with Crippen molar-refractivity contribution in [3.8, 4) is 5.69 Å². The Hall–Kier alpha value is -2.67. The van der Waals surface area contributed by atoms with E-state index in [9.17, 15) is 9.18 Å². The molecule has 0 saturated carbocycles. The summed E-state index contributed by atoms with van der Waals surface area (Å²) in [5.41, 5.74) is 2.57. The van der Waals surface area contributed by atoms with Crippen LogP contribution >= 0.6 is 11.8 Å². The lowest BCUT2D eigenvalue weighted by atomic mass is 9.87. The molecule has 1 N–H and O–H groups in total. The Morgan fingerprint density at radius 2 is 1.73 bits per heavy atom. The van der Waals surface area contributed by atoms with Crippen LogP contribution in [0.4, 0.5) is 4.39 Å². The van der Waals surface area contributed by atoms with E-state index in [2.05, 4.69) is 43.2 Å². The van der Waals surface area contributed by atoms with Crippen molar-refractivity contribution in [3.05, 3.63) is 71.3 Å². The van der Waals surface area contributed by atoms with Crippen molar-refractivity contribution in [2.45, 2.75) is 51.2 Å². The van der Waals surface area contributed by atoms with Gasteiger partial charge < -0.3 is 5.32 Å². The predicted octanol–water partition coefficient (Wildman–Crippen LogP) is 5.14. The van der Waals surface area contributed by atoms with E-state index in [0.29, 0.717) is 11.4 Å². The van der Waals surface area contributed by atoms with Crippen LogP contribution in [-0.4, -0.2) is 26.4 Å². The number of benzene rings is 2. The number of rotatable bonds is 7. The number of thioether (sulfide) groups is 1. The lowest BCUT2D eigenvalue weighted by Crippen LogP contribution is -2.25. The summed E-state index contributed by atoms with van der Waals surface area (Å²) in [6.07, 6.45) is 0.998. The highest BCUT2D eigenvalue weighted by Gasteiger charge is 2.17. The molecule has 0 fully saturated rings. The molecule has 0 unspecified atom stereocenters. The fourth-order valence-corrected chi connectivity index (χ4v) is 3.76. The minimum atomic E-state index is -0.303. The van der Waals surface area contributed by atoms with Crippen molar-refractivity contribution < 1.29 is 9.18 Å². The van der Waals surface area contributed by atoms with E-state index in [1.807, 2.05) is 28.8 Å². The molecule has 0 spiro atoms. The number of nitrogens with one attached hydrogen (secondary N) is 1. The molecule has 0 bridgehead atoms. The molecule has 0 aliphatic rings. The standard InChI is InChI=1S/C23H27FN4OS/c1-5-14-30-22-27-26-20(28(22)19-12-10-18(24)11-13-19)15-25-21(29)16-6-8-17(9-7-16)23(2,3)4/h6-13H,5,14-15H2,1-4H3,(H,25,29). The number of carbonyl (C=O) groups excluding carboxylic acids is 1. The van der Waals surface area contributed by atoms with E-state index >= 15 is 0 Å². The molecule has 0 saturated heterocycles. The normalized spacial score (nSPS) is 11.5. The molecular weight excluding hydrogens is 399 g/mol. The van der Waals surface area contributed by atoms with Crippen LogP contribution in [0.25, 0.3) is 5.69 Å². The van der Waals surface area contributed by atoms with Gasteiger partial charge in [-0.15, -0.1) is 10.2 Å². The van der Waals surface area contributed by atoms with Crippen molar-refractivity contribution in [1.29, 1.82) is 0 Å². The van der Waals surface area contributed by atoms with Crippen LogP contribution in [0.3, 0.4) is 0 Å². The van der Waals surface area contributed by atoms with Gasteiger partial charge in [-0.1, -0.05) is 51.6 Å². The van der Waals surface area contributed by atoms with Crippen molar-refractivity contribution in [3.63, 3.8) is 0 Å². The molecule has 1 heterocycles. The smallest absolute Gasteiger partial charge is 0.251 e. The summed E-state index contributed by atoms with van der Waals surface area (Å²) in [5.74, 6) is 1.01. The molecule has 1 aromatic heterocycles. The van der Waals surface area contributed by atoms with Gasteiger partial charge in [-0.05, 0) is 53.8 Å². The van der Waals surface area contributed by atoms with Crippen LogP contribution < -0.4 is 5.32 Å². The molecular formula is C23H27FN4OS. The summed E-state index contributed by atoms with van der Waals surface area (Å²) in [7, 11) is 0. The molecule has 3 aromatic rings. The summed E-state index contributed by atoms with van der Waals surface area (Å²) in [5, 5.41) is 12.2. The first-order valence-electron chi connectivity index (χ1n) is 10.0. The second-order valence-electron chi connectivity index (χ2n) is 8.07. The number of amides is 1. The maximum Gasteiger partial charge on any atom is 0.251 e. The molecule has 2 aromatic carbocycles. The van der Waals surface area contributed by atoms with Gasteiger partial charge in [0, 0.05) is 17.0 Å². The van der Waals surface area contributed by atoms with Gasteiger partial charge in [0.15, 0.2) is 11.0 Å². The predicted molar refractivity (Wildman–Crippen MR) is 119 cm³/mol. The summed E-state index contributed by atoms with van der Waals surface area (Å²) in [6, 6.07) is 13.8. The third kappa shape index (κ3) is 5.27. The summed E-state index contributed by atoms with van der Waals surface area (Å²) in [6.45, 7) is 8.73. The first-order valence-corrected chi connectivity index (χ1v) is 11.0. The van der Waals surface area contributed by atoms with Gasteiger partial charge in [0.2, 0.25) is 0 Å². The van der Waals surface area contributed by atoms with Crippen molar-refractivity contribution in [2.75, 3.05) is 5.75 Å². The highest BCUT2D eigenvalue weighted by atomic mass is 32.2. The van der Waals surface area contributed by atoms with Gasteiger partial charge in [-0.25, -0.2) is 4.39 Å². The Balaban J connectivity index is 1.78. The molecule has 0 atom stereocenters. The molecule has 158 valence electrons. The average molecular weight is 427 g/mol. The number of nitrogens with zero attached hydrogens (tertiary/aromatic N) is 3. The SMILES string of the molecule is CCCSc1nnc(CNC(=O)c2ccc(C(C)(C)C)cc2)n1-c1ccc(F)cc1. The molecule has 0 aliphatic heterocycles. The fraction of sp³-hybridized carbons (Fsp3) is 0.348. The molecule has 5 nitrogen and oxygen atoms in total. The summed E-state index contributed by atoms with van der Waals surface area (Å²) >= 11 is 1.58. The zero-order valence-electron chi connectivity index (χ0n) is 17.8. The largest absolute Gasteiger partial charge is 0.345 e. The molecule has 30 heavy (non-hydrogen) atoms. The van der Waals surface area contributed by atoms with Gasteiger partial charge >= 0.3 is 0 Å². The first-order chi connectivity index (χ1) is 14.3. The lowest BCUT2D eigenvalue weighted by molar-refractivity contribution is 0.0949. The van der Waals surface area contributed by atoms with Gasteiger partial charge in [0.1, 0.15) is 5.82 Å². The zero-order valence-corrected chi connectivity index (χ0v) is 18.6. The van der Waals surface area contributed by atoms with Crippen LogP contribution in [0.2, 0.25) is 0 Å². The van der Waals surface area contributed by atoms with E-state index in [1.165, 1.54) is 17.7 Å². The minimum absolute atomic E-state index is 0.0349. The summed E-state index contributed by atoms with van der Waals surface area (Å²) in [4.78, 5) is 12.6. The van der Waals surface area contributed by atoms with Crippen LogP contribution in [0, 0.1) is 5.82 Å². The molecule has 1 amide bonds.